The average molecular weight is 353 g/mol. The molecule has 8 nitrogen and oxygen atoms in total. The van der Waals surface area contributed by atoms with Gasteiger partial charge in [-0.15, -0.1) is 0 Å². The molecule has 0 aromatic heterocycles. The number of carbonyl (C=O) groups is 1. The Bertz CT molecular complexity index is 735. The van der Waals surface area contributed by atoms with E-state index in [1.165, 1.54) is 18.2 Å². The second-order valence-electron chi connectivity index (χ2n) is 4.49. The highest BCUT2D eigenvalue weighted by atomic mass is 35.5. The van der Waals surface area contributed by atoms with Gasteiger partial charge in [-0.05, 0) is 24.3 Å². The van der Waals surface area contributed by atoms with Gasteiger partial charge in [-0.2, -0.15) is 0 Å². The molecule has 0 fully saturated rings. The van der Waals surface area contributed by atoms with Crippen molar-refractivity contribution in [3.05, 3.63) is 57.6 Å². The minimum absolute atomic E-state index is 0.00943. The predicted molar refractivity (Wildman–Crippen MR) is 85.7 cm³/mol. The van der Waals surface area contributed by atoms with Crippen LogP contribution in [-0.2, 0) is 4.74 Å². The average Bonchev–Trinajstić information content (AvgIpc) is 2.53. The van der Waals surface area contributed by atoms with Crippen LogP contribution in [0.25, 0.3) is 0 Å². The summed E-state index contributed by atoms with van der Waals surface area (Å²) in [5, 5.41) is 11.6. The predicted octanol–water partition coefficient (Wildman–Crippen LogP) is 3.51. The highest BCUT2D eigenvalue weighted by molar-refractivity contribution is 6.30. The molecule has 0 aliphatic carbocycles. The number of halogens is 1. The first kappa shape index (κ1) is 17.4. The standard InChI is InChI=1S/C15H13ClN2O6/c16-10-1-3-12(4-2-10)24-14-8-11(18(20)21)7-13(9-14)22-5-6-23-15(17)19/h1-4,7-9H,5-6H2,(H2,17,19). The van der Waals surface area contributed by atoms with Gasteiger partial charge in [-0.3, -0.25) is 10.1 Å². The lowest BCUT2D eigenvalue weighted by Gasteiger charge is -2.10. The Morgan fingerprint density at radius 1 is 1.08 bits per heavy atom. The lowest BCUT2D eigenvalue weighted by atomic mass is 10.2. The number of benzene rings is 2. The number of nitrogens with zero attached hydrogens (tertiary/aromatic N) is 1. The first-order valence-electron chi connectivity index (χ1n) is 6.72. The monoisotopic (exact) mass is 352 g/mol. The number of primary amides is 1. The van der Waals surface area contributed by atoms with Crippen molar-refractivity contribution in [2.24, 2.45) is 5.73 Å². The number of rotatable bonds is 7. The molecule has 0 spiro atoms. The first-order valence-corrected chi connectivity index (χ1v) is 7.10. The van der Waals surface area contributed by atoms with Gasteiger partial charge < -0.3 is 19.9 Å². The molecule has 24 heavy (non-hydrogen) atoms. The molecule has 0 radical (unpaired) electrons. The van der Waals surface area contributed by atoms with Gasteiger partial charge in [-0.1, -0.05) is 11.6 Å². The number of nitro benzene ring substituents is 1. The lowest BCUT2D eigenvalue weighted by Crippen LogP contribution is -2.17. The van der Waals surface area contributed by atoms with E-state index >= 15 is 0 Å². The molecule has 0 unspecified atom stereocenters. The van der Waals surface area contributed by atoms with Crippen molar-refractivity contribution in [1.29, 1.82) is 0 Å². The van der Waals surface area contributed by atoms with E-state index in [1.807, 2.05) is 0 Å². The Hall–Kier alpha value is -3.00. The summed E-state index contributed by atoms with van der Waals surface area (Å²) in [5.41, 5.74) is 4.62. The molecule has 9 heteroatoms. The van der Waals surface area contributed by atoms with Gasteiger partial charge in [0.2, 0.25) is 0 Å². The number of hydrogen-bond donors (Lipinski definition) is 1. The van der Waals surface area contributed by atoms with Crippen molar-refractivity contribution in [1.82, 2.24) is 0 Å². The van der Waals surface area contributed by atoms with E-state index in [0.717, 1.165) is 0 Å². The molecular weight excluding hydrogens is 340 g/mol. The van der Waals surface area contributed by atoms with Gasteiger partial charge in [0.15, 0.2) is 0 Å². The largest absolute Gasteiger partial charge is 0.490 e. The Morgan fingerprint density at radius 3 is 2.38 bits per heavy atom. The Balaban J connectivity index is 2.13. The zero-order chi connectivity index (χ0) is 17.5. The molecule has 2 N–H and O–H groups in total. The van der Waals surface area contributed by atoms with E-state index in [0.29, 0.717) is 10.8 Å². The molecule has 0 atom stereocenters. The number of nitrogens with two attached hydrogens (primary N) is 1. The quantitative estimate of drug-likeness (QED) is 0.463. The van der Waals surface area contributed by atoms with Crippen LogP contribution in [0.3, 0.4) is 0 Å². The van der Waals surface area contributed by atoms with E-state index in [2.05, 4.69) is 4.74 Å². The fourth-order valence-electron chi connectivity index (χ4n) is 1.74. The SMILES string of the molecule is NC(=O)OCCOc1cc(Oc2ccc(Cl)cc2)cc([N+](=O)[O-])c1. The minimum atomic E-state index is -0.926. The van der Waals surface area contributed by atoms with Crippen LogP contribution in [0.4, 0.5) is 10.5 Å². The summed E-state index contributed by atoms with van der Waals surface area (Å²) < 4.78 is 15.4. The van der Waals surface area contributed by atoms with Crippen molar-refractivity contribution in [2.45, 2.75) is 0 Å². The van der Waals surface area contributed by atoms with Crippen LogP contribution in [-0.4, -0.2) is 24.2 Å². The molecule has 2 rings (SSSR count). The maximum absolute atomic E-state index is 11.0. The molecule has 0 aliphatic heterocycles. The number of non-ortho nitro benzene ring substituents is 1. The van der Waals surface area contributed by atoms with Crippen LogP contribution in [0.2, 0.25) is 5.02 Å². The lowest BCUT2D eigenvalue weighted by molar-refractivity contribution is -0.385. The van der Waals surface area contributed by atoms with Gasteiger partial charge in [-0.25, -0.2) is 4.79 Å². The van der Waals surface area contributed by atoms with Gasteiger partial charge in [0.25, 0.3) is 5.69 Å². The topological polar surface area (TPSA) is 114 Å². The summed E-state index contributed by atoms with van der Waals surface area (Å²) >= 11 is 5.79. The number of carbonyl (C=O) groups excluding carboxylic acids is 1. The smallest absolute Gasteiger partial charge is 0.404 e. The van der Waals surface area contributed by atoms with Crippen molar-refractivity contribution in [3.63, 3.8) is 0 Å². The Kier molecular flexibility index (Phi) is 5.80. The highest BCUT2D eigenvalue weighted by Gasteiger charge is 2.12. The van der Waals surface area contributed by atoms with Gasteiger partial charge >= 0.3 is 6.09 Å². The fraction of sp³-hybridized carbons (Fsp3) is 0.133. The summed E-state index contributed by atoms with van der Waals surface area (Å²) in [6, 6.07) is 10.5. The fourth-order valence-corrected chi connectivity index (χ4v) is 1.87. The number of ether oxygens (including phenoxy) is 3. The van der Waals surface area contributed by atoms with E-state index in [4.69, 9.17) is 26.8 Å². The molecule has 126 valence electrons. The minimum Gasteiger partial charge on any atom is -0.490 e. The Labute approximate surface area is 141 Å². The maximum Gasteiger partial charge on any atom is 0.404 e. The first-order chi connectivity index (χ1) is 11.4. The second kappa shape index (κ2) is 8.02. The highest BCUT2D eigenvalue weighted by Crippen LogP contribution is 2.31. The molecule has 0 saturated heterocycles. The third-order valence-electron chi connectivity index (χ3n) is 2.72. The van der Waals surface area contributed by atoms with Crippen LogP contribution in [0.5, 0.6) is 17.2 Å². The third kappa shape index (κ3) is 5.33. The number of amides is 1. The molecule has 0 saturated carbocycles. The summed E-state index contributed by atoms with van der Waals surface area (Å²) in [4.78, 5) is 20.9. The van der Waals surface area contributed by atoms with Crippen LogP contribution in [0.15, 0.2) is 42.5 Å². The summed E-state index contributed by atoms with van der Waals surface area (Å²) in [6.45, 7) is -0.0874. The molecular formula is C15H13ClN2O6. The summed E-state index contributed by atoms with van der Waals surface area (Å²) in [7, 11) is 0. The van der Waals surface area contributed by atoms with Gasteiger partial charge in [0, 0.05) is 11.1 Å². The molecule has 0 bridgehead atoms. The van der Waals surface area contributed by atoms with Crippen molar-refractivity contribution >= 4 is 23.4 Å². The molecule has 0 heterocycles. The van der Waals surface area contributed by atoms with Crippen LogP contribution < -0.4 is 15.2 Å². The molecule has 0 aliphatic rings. The zero-order valence-electron chi connectivity index (χ0n) is 12.3. The van der Waals surface area contributed by atoms with Crippen molar-refractivity contribution < 1.29 is 23.9 Å². The van der Waals surface area contributed by atoms with E-state index in [9.17, 15) is 14.9 Å². The normalized spacial score (nSPS) is 10.0. The van der Waals surface area contributed by atoms with Crippen LogP contribution >= 0.6 is 11.6 Å². The zero-order valence-corrected chi connectivity index (χ0v) is 13.1. The molecule has 1 amide bonds. The van der Waals surface area contributed by atoms with E-state index < -0.39 is 11.0 Å². The van der Waals surface area contributed by atoms with Crippen LogP contribution in [0, 0.1) is 10.1 Å². The second-order valence-corrected chi connectivity index (χ2v) is 4.93. The maximum atomic E-state index is 11.0. The third-order valence-corrected chi connectivity index (χ3v) is 2.97. The van der Waals surface area contributed by atoms with Crippen LogP contribution in [0.1, 0.15) is 0 Å². The van der Waals surface area contributed by atoms with Crippen molar-refractivity contribution in [3.8, 4) is 17.2 Å². The van der Waals surface area contributed by atoms with Crippen molar-refractivity contribution in [2.75, 3.05) is 13.2 Å². The summed E-state index contributed by atoms with van der Waals surface area (Å²) in [5.74, 6) is 0.876. The van der Waals surface area contributed by atoms with E-state index in [1.54, 1.807) is 24.3 Å². The van der Waals surface area contributed by atoms with Gasteiger partial charge in [0.05, 0.1) is 17.1 Å². The molecule has 2 aromatic carbocycles. The number of hydrogen-bond acceptors (Lipinski definition) is 6. The number of nitro groups is 1. The Morgan fingerprint density at radius 2 is 1.75 bits per heavy atom. The van der Waals surface area contributed by atoms with Gasteiger partial charge in [0.1, 0.15) is 30.5 Å². The molecule has 2 aromatic rings. The summed E-state index contributed by atoms with van der Waals surface area (Å²) in [6.07, 6.45) is -0.926. The van der Waals surface area contributed by atoms with E-state index in [-0.39, 0.29) is 30.4 Å².